The molecule has 1 amide bonds. The molecule has 0 heterocycles. The van der Waals surface area contributed by atoms with Crippen LogP contribution in [0, 0.1) is 13.8 Å². The highest BCUT2D eigenvalue weighted by atomic mass is 16.5. The number of rotatable bonds is 7. The monoisotopic (exact) mass is 343 g/mol. The van der Waals surface area contributed by atoms with Gasteiger partial charge in [-0.05, 0) is 55.7 Å². The van der Waals surface area contributed by atoms with Crippen LogP contribution in [0.15, 0.2) is 36.4 Å². The van der Waals surface area contributed by atoms with Crippen LogP contribution in [0.4, 0.5) is 5.69 Å². The zero-order valence-corrected chi connectivity index (χ0v) is 15.4. The summed E-state index contributed by atoms with van der Waals surface area (Å²) >= 11 is 0. The summed E-state index contributed by atoms with van der Waals surface area (Å²) in [4.78, 5) is 12.7. The van der Waals surface area contributed by atoms with E-state index in [0.717, 1.165) is 11.1 Å². The number of hydrogen-bond donors (Lipinski definition) is 1. The number of carbonyl (C=O) groups is 1. The van der Waals surface area contributed by atoms with Gasteiger partial charge in [0.1, 0.15) is 17.2 Å². The number of benzene rings is 2. The van der Waals surface area contributed by atoms with Crippen molar-refractivity contribution in [2.45, 2.75) is 33.3 Å². The fourth-order valence-corrected chi connectivity index (χ4v) is 2.61. The third kappa shape index (κ3) is 4.89. The van der Waals surface area contributed by atoms with Crippen LogP contribution in [0.2, 0.25) is 0 Å². The number of methoxy groups -OCH3 is 2. The van der Waals surface area contributed by atoms with Crippen molar-refractivity contribution >= 4 is 11.6 Å². The summed E-state index contributed by atoms with van der Waals surface area (Å²) < 4.78 is 16.4. The Morgan fingerprint density at radius 2 is 1.68 bits per heavy atom. The molecule has 2 aromatic carbocycles. The minimum atomic E-state index is -0.600. The van der Waals surface area contributed by atoms with Crippen molar-refractivity contribution < 1.29 is 19.0 Å². The first-order valence-corrected chi connectivity index (χ1v) is 8.24. The number of hydrogen-bond acceptors (Lipinski definition) is 4. The van der Waals surface area contributed by atoms with E-state index >= 15 is 0 Å². The third-order valence-corrected chi connectivity index (χ3v) is 3.80. The molecule has 5 heteroatoms. The Morgan fingerprint density at radius 3 is 2.24 bits per heavy atom. The summed E-state index contributed by atoms with van der Waals surface area (Å²) in [6.07, 6.45) is -0.0532. The molecule has 0 bridgehead atoms. The van der Waals surface area contributed by atoms with E-state index in [-0.39, 0.29) is 5.91 Å². The first-order valence-electron chi connectivity index (χ1n) is 8.24. The number of carbonyl (C=O) groups excluding carboxylic acids is 1. The lowest BCUT2D eigenvalue weighted by Gasteiger charge is -2.19. The van der Waals surface area contributed by atoms with Gasteiger partial charge in [0.25, 0.3) is 5.91 Å². The van der Waals surface area contributed by atoms with Crippen molar-refractivity contribution in [2.24, 2.45) is 0 Å². The van der Waals surface area contributed by atoms with Crippen LogP contribution in [0.25, 0.3) is 0 Å². The molecule has 2 rings (SSSR count). The molecule has 25 heavy (non-hydrogen) atoms. The van der Waals surface area contributed by atoms with E-state index in [4.69, 9.17) is 14.2 Å². The van der Waals surface area contributed by atoms with Gasteiger partial charge in [-0.3, -0.25) is 4.79 Å². The largest absolute Gasteiger partial charge is 0.497 e. The van der Waals surface area contributed by atoms with E-state index in [2.05, 4.69) is 11.4 Å². The number of anilines is 1. The highest BCUT2D eigenvalue weighted by molar-refractivity contribution is 5.95. The molecule has 0 aliphatic heterocycles. The average molecular weight is 343 g/mol. The summed E-state index contributed by atoms with van der Waals surface area (Å²) in [5.41, 5.74) is 2.74. The second-order valence-electron chi connectivity index (χ2n) is 5.89. The molecular weight excluding hydrogens is 318 g/mol. The first-order chi connectivity index (χ1) is 12.0. The van der Waals surface area contributed by atoms with E-state index in [9.17, 15) is 4.79 Å². The molecule has 0 unspecified atom stereocenters. The van der Waals surface area contributed by atoms with Crippen molar-refractivity contribution in [3.63, 3.8) is 0 Å². The average Bonchev–Trinajstić information content (AvgIpc) is 2.58. The van der Waals surface area contributed by atoms with E-state index < -0.39 is 6.10 Å². The molecule has 0 fully saturated rings. The molecule has 2 aromatic rings. The van der Waals surface area contributed by atoms with Gasteiger partial charge in [0, 0.05) is 6.07 Å². The Balaban J connectivity index is 2.17. The maximum atomic E-state index is 12.7. The van der Waals surface area contributed by atoms with Crippen LogP contribution in [-0.4, -0.2) is 26.2 Å². The predicted molar refractivity (Wildman–Crippen MR) is 98.8 cm³/mol. The van der Waals surface area contributed by atoms with Crippen LogP contribution in [-0.2, 0) is 4.79 Å². The molecule has 0 aliphatic rings. The molecule has 1 atom stereocenters. The molecular formula is C20H25NO4. The van der Waals surface area contributed by atoms with Gasteiger partial charge in [-0.2, -0.15) is 0 Å². The Labute approximate surface area is 148 Å². The SMILES string of the molecule is CC[C@H](Oc1cc(C)cc(C)c1)C(=O)Nc1cc(OC)ccc1OC. The minimum Gasteiger partial charge on any atom is -0.497 e. The summed E-state index contributed by atoms with van der Waals surface area (Å²) in [6, 6.07) is 11.2. The third-order valence-electron chi connectivity index (χ3n) is 3.80. The van der Waals surface area contributed by atoms with Gasteiger partial charge in [-0.25, -0.2) is 0 Å². The lowest BCUT2D eigenvalue weighted by molar-refractivity contribution is -0.122. The van der Waals surface area contributed by atoms with Crippen LogP contribution < -0.4 is 19.5 Å². The normalized spacial score (nSPS) is 11.6. The molecule has 134 valence electrons. The van der Waals surface area contributed by atoms with E-state index in [0.29, 0.717) is 29.4 Å². The molecule has 0 spiro atoms. The molecule has 1 N–H and O–H groups in total. The quantitative estimate of drug-likeness (QED) is 0.822. The second-order valence-corrected chi connectivity index (χ2v) is 5.89. The molecule has 0 aliphatic carbocycles. The van der Waals surface area contributed by atoms with Gasteiger partial charge >= 0.3 is 0 Å². The van der Waals surface area contributed by atoms with Gasteiger partial charge in [-0.15, -0.1) is 0 Å². The van der Waals surface area contributed by atoms with Gasteiger partial charge in [0.2, 0.25) is 0 Å². The summed E-state index contributed by atoms with van der Waals surface area (Å²) in [5.74, 6) is 1.67. The smallest absolute Gasteiger partial charge is 0.265 e. The summed E-state index contributed by atoms with van der Waals surface area (Å²) in [7, 11) is 3.13. The lowest BCUT2D eigenvalue weighted by Crippen LogP contribution is -2.32. The number of ether oxygens (including phenoxy) is 3. The van der Waals surface area contributed by atoms with Gasteiger partial charge in [0.05, 0.1) is 19.9 Å². The number of aryl methyl sites for hydroxylation is 2. The Morgan fingerprint density at radius 1 is 1.00 bits per heavy atom. The summed E-state index contributed by atoms with van der Waals surface area (Å²) in [6.45, 7) is 5.92. The second kappa shape index (κ2) is 8.42. The Bertz CT molecular complexity index is 722. The number of amides is 1. The Hall–Kier alpha value is -2.69. The molecule has 0 radical (unpaired) electrons. The van der Waals surface area contributed by atoms with Crippen LogP contribution >= 0.6 is 0 Å². The molecule has 0 aromatic heterocycles. The fourth-order valence-electron chi connectivity index (χ4n) is 2.61. The van der Waals surface area contributed by atoms with Crippen molar-refractivity contribution in [3.05, 3.63) is 47.5 Å². The standard InChI is InChI=1S/C20H25NO4/c1-6-18(25-16-10-13(2)9-14(3)11-16)20(22)21-17-12-15(23-4)7-8-19(17)24-5/h7-12,18H,6H2,1-5H3,(H,21,22)/t18-/m0/s1. The molecule has 5 nitrogen and oxygen atoms in total. The van der Waals surface area contributed by atoms with E-state index in [1.807, 2.05) is 32.9 Å². The van der Waals surface area contributed by atoms with Crippen molar-refractivity contribution in [1.29, 1.82) is 0 Å². The predicted octanol–water partition coefficient (Wildman–Crippen LogP) is 4.12. The van der Waals surface area contributed by atoms with Gasteiger partial charge in [-0.1, -0.05) is 13.0 Å². The van der Waals surface area contributed by atoms with Crippen molar-refractivity contribution in [2.75, 3.05) is 19.5 Å². The maximum Gasteiger partial charge on any atom is 0.265 e. The van der Waals surface area contributed by atoms with Gasteiger partial charge in [0.15, 0.2) is 6.10 Å². The zero-order chi connectivity index (χ0) is 18.4. The van der Waals surface area contributed by atoms with Gasteiger partial charge < -0.3 is 19.5 Å². The molecule has 0 saturated carbocycles. The topological polar surface area (TPSA) is 56.8 Å². The number of nitrogens with one attached hydrogen (secondary N) is 1. The minimum absolute atomic E-state index is 0.229. The van der Waals surface area contributed by atoms with Crippen LogP contribution in [0.3, 0.4) is 0 Å². The van der Waals surface area contributed by atoms with E-state index in [1.54, 1.807) is 32.4 Å². The van der Waals surface area contributed by atoms with Crippen molar-refractivity contribution in [1.82, 2.24) is 0 Å². The van der Waals surface area contributed by atoms with E-state index in [1.165, 1.54) is 0 Å². The lowest BCUT2D eigenvalue weighted by atomic mass is 10.1. The van der Waals surface area contributed by atoms with Crippen LogP contribution in [0.5, 0.6) is 17.2 Å². The maximum absolute atomic E-state index is 12.7. The zero-order valence-electron chi connectivity index (χ0n) is 15.4. The fraction of sp³-hybridized carbons (Fsp3) is 0.350. The van der Waals surface area contributed by atoms with Crippen molar-refractivity contribution in [3.8, 4) is 17.2 Å². The highest BCUT2D eigenvalue weighted by Crippen LogP contribution is 2.29. The highest BCUT2D eigenvalue weighted by Gasteiger charge is 2.20. The molecule has 0 saturated heterocycles. The Kier molecular flexibility index (Phi) is 6.28. The first kappa shape index (κ1) is 18.6. The van der Waals surface area contributed by atoms with Crippen LogP contribution in [0.1, 0.15) is 24.5 Å². The summed E-state index contributed by atoms with van der Waals surface area (Å²) in [5, 5.41) is 2.87.